The van der Waals surface area contributed by atoms with E-state index in [2.05, 4.69) is 53.8 Å². The highest BCUT2D eigenvalue weighted by atomic mass is 79.9. The van der Waals surface area contributed by atoms with Gasteiger partial charge in [-0.1, -0.05) is 19.8 Å². The fourth-order valence-corrected chi connectivity index (χ4v) is 2.75. The zero-order valence-corrected chi connectivity index (χ0v) is 10.5. The highest BCUT2D eigenvalue weighted by molar-refractivity contribution is 9.11. The Labute approximate surface area is 92.5 Å². The van der Waals surface area contributed by atoms with Gasteiger partial charge in [-0.2, -0.15) is 0 Å². The Kier molecular flexibility index (Phi) is 4.02. The molecule has 1 heterocycles. The number of rotatable bonds is 2. The van der Waals surface area contributed by atoms with E-state index in [4.69, 9.17) is 0 Å². The van der Waals surface area contributed by atoms with Gasteiger partial charge in [-0.3, -0.25) is 0 Å². The Bertz CT molecular complexity index is 329. The second-order valence-electron chi connectivity index (χ2n) is 3.11. The first-order valence-electron chi connectivity index (χ1n) is 4.32. The summed E-state index contributed by atoms with van der Waals surface area (Å²) in [5.74, 6) is 7.13. The van der Waals surface area contributed by atoms with Crippen LogP contribution < -0.4 is 0 Å². The van der Waals surface area contributed by atoms with Crippen molar-refractivity contribution < 1.29 is 0 Å². The molecule has 0 aliphatic carbocycles. The van der Waals surface area contributed by atoms with E-state index in [1.165, 1.54) is 8.66 Å². The second-order valence-corrected chi connectivity index (χ2v) is 5.61. The number of hydrogen-bond acceptors (Lipinski definition) is 1. The molecule has 0 spiro atoms. The van der Waals surface area contributed by atoms with Gasteiger partial charge in [0.15, 0.2) is 0 Å². The Morgan fingerprint density at radius 1 is 1.38 bits per heavy atom. The first-order chi connectivity index (χ1) is 6.15. The van der Waals surface area contributed by atoms with Gasteiger partial charge >= 0.3 is 0 Å². The van der Waals surface area contributed by atoms with Crippen LogP contribution in [0.1, 0.15) is 31.6 Å². The molecule has 0 bridgehead atoms. The molecule has 1 aromatic rings. The Morgan fingerprint density at radius 3 is 2.54 bits per heavy atom. The third-order valence-corrected chi connectivity index (χ3v) is 3.99. The van der Waals surface area contributed by atoms with Crippen molar-refractivity contribution in [3.63, 3.8) is 0 Å². The van der Waals surface area contributed by atoms with Crippen LogP contribution in [0.3, 0.4) is 0 Å². The summed E-state index contributed by atoms with van der Waals surface area (Å²) in [5.41, 5.74) is 0. The SMILES string of the molecule is CC#CC(C)C(C)c1ccc(Br)s1. The molecule has 0 aliphatic heterocycles. The highest BCUT2D eigenvalue weighted by Gasteiger charge is 2.13. The van der Waals surface area contributed by atoms with E-state index in [-0.39, 0.29) is 0 Å². The molecule has 0 aliphatic rings. The predicted molar refractivity (Wildman–Crippen MR) is 63.0 cm³/mol. The Hall–Kier alpha value is -0.260. The lowest BCUT2D eigenvalue weighted by Crippen LogP contribution is -2.01. The predicted octanol–water partition coefficient (Wildman–Crippen LogP) is 4.27. The molecule has 2 atom stereocenters. The van der Waals surface area contributed by atoms with E-state index < -0.39 is 0 Å². The maximum absolute atomic E-state index is 3.47. The zero-order chi connectivity index (χ0) is 9.84. The maximum Gasteiger partial charge on any atom is 0.0701 e. The van der Waals surface area contributed by atoms with Gasteiger partial charge in [0, 0.05) is 16.7 Å². The molecule has 0 amide bonds. The standard InChI is InChI=1S/C11H13BrS/c1-4-5-8(2)9(3)10-6-7-11(12)13-10/h6-9H,1-3H3. The number of thiophene rings is 1. The van der Waals surface area contributed by atoms with E-state index in [1.807, 2.05) is 6.92 Å². The lowest BCUT2D eigenvalue weighted by molar-refractivity contribution is 0.619. The van der Waals surface area contributed by atoms with Crippen molar-refractivity contribution in [3.05, 3.63) is 20.8 Å². The van der Waals surface area contributed by atoms with Crippen LogP contribution in [0, 0.1) is 17.8 Å². The minimum Gasteiger partial charge on any atom is -0.133 e. The van der Waals surface area contributed by atoms with Crippen molar-refractivity contribution in [1.82, 2.24) is 0 Å². The largest absolute Gasteiger partial charge is 0.133 e. The lowest BCUT2D eigenvalue weighted by atomic mass is 9.95. The molecule has 1 rings (SSSR count). The monoisotopic (exact) mass is 256 g/mol. The first kappa shape index (κ1) is 10.8. The highest BCUT2D eigenvalue weighted by Crippen LogP contribution is 2.32. The van der Waals surface area contributed by atoms with Crippen LogP contribution in [-0.4, -0.2) is 0 Å². The smallest absolute Gasteiger partial charge is 0.0701 e. The van der Waals surface area contributed by atoms with Gasteiger partial charge in [0.25, 0.3) is 0 Å². The third kappa shape index (κ3) is 2.86. The van der Waals surface area contributed by atoms with Crippen molar-refractivity contribution in [2.24, 2.45) is 5.92 Å². The Morgan fingerprint density at radius 2 is 2.08 bits per heavy atom. The van der Waals surface area contributed by atoms with Gasteiger partial charge in [-0.05, 0) is 35.0 Å². The summed E-state index contributed by atoms with van der Waals surface area (Å²) in [6.07, 6.45) is 0. The second kappa shape index (κ2) is 4.83. The van der Waals surface area contributed by atoms with Crippen molar-refractivity contribution in [3.8, 4) is 11.8 Å². The molecule has 0 fully saturated rings. The van der Waals surface area contributed by atoms with Crippen LogP contribution in [0.25, 0.3) is 0 Å². The van der Waals surface area contributed by atoms with E-state index in [0.717, 1.165) is 0 Å². The molecule has 0 radical (unpaired) electrons. The van der Waals surface area contributed by atoms with Crippen LogP contribution >= 0.6 is 27.3 Å². The fraction of sp³-hybridized carbons (Fsp3) is 0.455. The third-order valence-electron chi connectivity index (χ3n) is 2.16. The van der Waals surface area contributed by atoms with Gasteiger partial charge in [-0.25, -0.2) is 0 Å². The molecule has 0 saturated carbocycles. The van der Waals surface area contributed by atoms with Crippen molar-refractivity contribution >= 4 is 27.3 Å². The molecule has 70 valence electrons. The average molecular weight is 257 g/mol. The van der Waals surface area contributed by atoms with Gasteiger partial charge in [-0.15, -0.1) is 17.3 Å². The summed E-state index contributed by atoms with van der Waals surface area (Å²) in [5, 5.41) is 0. The van der Waals surface area contributed by atoms with Crippen LogP contribution in [0.15, 0.2) is 15.9 Å². The molecular formula is C11H13BrS. The molecule has 2 unspecified atom stereocenters. The fourth-order valence-electron chi connectivity index (χ4n) is 1.17. The molecule has 13 heavy (non-hydrogen) atoms. The minimum atomic E-state index is 0.440. The van der Waals surface area contributed by atoms with Crippen molar-refractivity contribution in [2.45, 2.75) is 26.7 Å². The molecule has 0 saturated heterocycles. The van der Waals surface area contributed by atoms with Crippen LogP contribution in [0.4, 0.5) is 0 Å². The molecule has 0 aromatic carbocycles. The summed E-state index contributed by atoms with van der Waals surface area (Å²) in [6, 6.07) is 4.27. The first-order valence-corrected chi connectivity index (χ1v) is 5.93. The van der Waals surface area contributed by atoms with E-state index in [9.17, 15) is 0 Å². The molecule has 0 nitrogen and oxygen atoms in total. The van der Waals surface area contributed by atoms with Crippen LogP contribution in [-0.2, 0) is 0 Å². The summed E-state index contributed by atoms with van der Waals surface area (Å²) < 4.78 is 1.20. The van der Waals surface area contributed by atoms with Gasteiger partial charge in [0.05, 0.1) is 3.79 Å². The molecular weight excluding hydrogens is 244 g/mol. The lowest BCUT2D eigenvalue weighted by Gasteiger charge is -2.12. The van der Waals surface area contributed by atoms with Gasteiger partial charge in [0.2, 0.25) is 0 Å². The van der Waals surface area contributed by atoms with Crippen molar-refractivity contribution in [2.75, 3.05) is 0 Å². The summed E-state index contributed by atoms with van der Waals surface area (Å²) in [7, 11) is 0. The molecule has 1 aromatic heterocycles. The minimum absolute atomic E-state index is 0.440. The van der Waals surface area contributed by atoms with Crippen LogP contribution in [0.5, 0.6) is 0 Å². The van der Waals surface area contributed by atoms with E-state index in [1.54, 1.807) is 11.3 Å². The zero-order valence-electron chi connectivity index (χ0n) is 8.10. The van der Waals surface area contributed by atoms with Crippen LogP contribution in [0.2, 0.25) is 0 Å². The van der Waals surface area contributed by atoms with Gasteiger partial charge in [0.1, 0.15) is 0 Å². The number of halogens is 1. The summed E-state index contributed by atoms with van der Waals surface area (Å²) in [6.45, 7) is 6.30. The topological polar surface area (TPSA) is 0 Å². The van der Waals surface area contributed by atoms with Gasteiger partial charge < -0.3 is 0 Å². The summed E-state index contributed by atoms with van der Waals surface area (Å²) >= 11 is 5.27. The van der Waals surface area contributed by atoms with E-state index >= 15 is 0 Å². The molecule has 0 N–H and O–H groups in total. The normalized spacial score (nSPS) is 14.5. The van der Waals surface area contributed by atoms with Crippen molar-refractivity contribution in [1.29, 1.82) is 0 Å². The average Bonchev–Trinajstić information content (AvgIpc) is 2.51. The number of hydrogen-bond donors (Lipinski definition) is 0. The molecule has 2 heteroatoms. The van der Waals surface area contributed by atoms with E-state index in [0.29, 0.717) is 11.8 Å². The summed E-state index contributed by atoms with van der Waals surface area (Å²) in [4.78, 5) is 1.40. The maximum atomic E-state index is 3.47. The quantitative estimate of drug-likeness (QED) is 0.694. The Balaban J connectivity index is 2.76.